The highest BCUT2D eigenvalue weighted by Crippen LogP contribution is 2.24. The number of carbonyl (C=O) groups is 2. The number of amides is 2. The molecule has 0 bridgehead atoms. The third-order valence-electron chi connectivity index (χ3n) is 3.75. The summed E-state index contributed by atoms with van der Waals surface area (Å²) < 4.78 is 55.9. The van der Waals surface area contributed by atoms with Crippen LogP contribution in [0.1, 0.15) is 38.8 Å². The zero-order valence-electron chi connectivity index (χ0n) is 17.9. The number of ether oxygens (including phenoxy) is 3. The van der Waals surface area contributed by atoms with Crippen LogP contribution in [0.5, 0.6) is 5.75 Å². The van der Waals surface area contributed by atoms with Gasteiger partial charge in [0.1, 0.15) is 6.73 Å². The summed E-state index contributed by atoms with van der Waals surface area (Å²) >= 11 is 0. The van der Waals surface area contributed by atoms with E-state index in [9.17, 15) is 22.4 Å². The summed E-state index contributed by atoms with van der Waals surface area (Å²) in [6, 6.07) is 3.63. The van der Waals surface area contributed by atoms with Gasteiger partial charge in [-0.05, 0) is 37.0 Å². The Morgan fingerprint density at radius 2 is 1.94 bits per heavy atom. The minimum Gasteiger partial charge on any atom is -0.490 e. The van der Waals surface area contributed by atoms with Crippen molar-refractivity contribution in [2.75, 3.05) is 32.3 Å². The average molecular weight is 464 g/mol. The fraction of sp³-hybridized carbons (Fsp3) is 0.579. The number of benzene rings is 1. The minimum atomic E-state index is -3.63. The SMILES string of the molecule is CC(C)COc1cc(C(C)NS(=O)(=O)CCCOCNC(=O)OCC(N)=O)ccc1F. The number of primary amides is 1. The highest BCUT2D eigenvalue weighted by Gasteiger charge is 2.17. The molecule has 0 aliphatic heterocycles. The van der Waals surface area contributed by atoms with Crippen molar-refractivity contribution in [2.45, 2.75) is 33.2 Å². The molecule has 12 heteroatoms. The third-order valence-corrected chi connectivity index (χ3v) is 5.29. The molecule has 0 saturated heterocycles. The summed E-state index contributed by atoms with van der Waals surface area (Å²) in [4.78, 5) is 21.6. The summed E-state index contributed by atoms with van der Waals surface area (Å²) in [5.41, 5.74) is 5.39. The first-order valence-electron chi connectivity index (χ1n) is 9.69. The van der Waals surface area contributed by atoms with Crippen LogP contribution in [0, 0.1) is 11.7 Å². The van der Waals surface area contributed by atoms with Gasteiger partial charge in [-0.1, -0.05) is 19.9 Å². The maximum atomic E-state index is 13.9. The molecule has 1 atom stereocenters. The predicted molar refractivity (Wildman–Crippen MR) is 111 cm³/mol. The van der Waals surface area contributed by atoms with Crippen LogP contribution in [0.2, 0.25) is 0 Å². The second kappa shape index (κ2) is 13.1. The molecule has 4 N–H and O–H groups in total. The molecule has 0 spiro atoms. The molecule has 0 fully saturated rings. The summed E-state index contributed by atoms with van der Waals surface area (Å²) in [5.74, 6) is -1.21. The number of nitrogens with two attached hydrogens (primary N) is 1. The number of carbonyl (C=O) groups excluding carboxylic acids is 2. The van der Waals surface area contributed by atoms with E-state index in [2.05, 4.69) is 14.8 Å². The van der Waals surface area contributed by atoms with Crippen LogP contribution >= 0.6 is 0 Å². The van der Waals surface area contributed by atoms with Crippen LogP contribution in [-0.2, 0) is 24.3 Å². The highest BCUT2D eigenvalue weighted by molar-refractivity contribution is 7.89. The molecule has 1 rings (SSSR count). The van der Waals surface area contributed by atoms with Crippen LogP contribution in [0.3, 0.4) is 0 Å². The monoisotopic (exact) mass is 463 g/mol. The summed E-state index contributed by atoms with van der Waals surface area (Å²) in [6.45, 7) is 5.17. The van der Waals surface area contributed by atoms with Gasteiger partial charge in [0, 0.05) is 12.6 Å². The lowest BCUT2D eigenvalue weighted by Gasteiger charge is -2.17. The van der Waals surface area contributed by atoms with Gasteiger partial charge in [-0.15, -0.1) is 0 Å². The first kappa shape index (κ1) is 26.6. The van der Waals surface area contributed by atoms with Crippen molar-refractivity contribution in [1.82, 2.24) is 10.0 Å². The molecular formula is C19H30FN3O7S. The molecule has 176 valence electrons. The van der Waals surface area contributed by atoms with E-state index in [1.54, 1.807) is 6.92 Å². The van der Waals surface area contributed by atoms with E-state index >= 15 is 0 Å². The Labute approximate surface area is 181 Å². The summed E-state index contributed by atoms with van der Waals surface area (Å²) in [7, 11) is -3.63. The largest absolute Gasteiger partial charge is 0.490 e. The van der Waals surface area contributed by atoms with E-state index in [4.69, 9.17) is 15.2 Å². The molecular weight excluding hydrogens is 433 g/mol. The fourth-order valence-corrected chi connectivity index (χ4v) is 3.56. The predicted octanol–water partition coefficient (Wildman–Crippen LogP) is 1.42. The van der Waals surface area contributed by atoms with Gasteiger partial charge in [0.05, 0.1) is 12.4 Å². The van der Waals surface area contributed by atoms with Crippen molar-refractivity contribution < 1.29 is 36.6 Å². The van der Waals surface area contributed by atoms with Gasteiger partial charge in [-0.3, -0.25) is 10.1 Å². The Kier molecular flexibility index (Phi) is 11.2. The molecule has 0 heterocycles. The average Bonchev–Trinajstić information content (AvgIpc) is 2.67. The van der Waals surface area contributed by atoms with Crippen LogP contribution in [0.4, 0.5) is 9.18 Å². The van der Waals surface area contributed by atoms with Gasteiger partial charge in [-0.2, -0.15) is 0 Å². The van der Waals surface area contributed by atoms with Crippen molar-refractivity contribution in [3.05, 3.63) is 29.6 Å². The number of nitrogens with one attached hydrogen (secondary N) is 2. The Morgan fingerprint density at radius 1 is 1.23 bits per heavy atom. The first-order valence-corrected chi connectivity index (χ1v) is 11.3. The van der Waals surface area contributed by atoms with E-state index in [-0.39, 0.29) is 37.2 Å². The van der Waals surface area contributed by atoms with Crippen molar-refractivity contribution in [3.8, 4) is 5.75 Å². The second-order valence-corrected chi connectivity index (χ2v) is 9.05. The molecule has 0 aromatic heterocycles. The van der Waals surface area contributed by atoms with E-state index in [1.807, 2.05) is 13.8 Å². The number of halogens is 1. The number of sulfonamides is 1. The Balaban J connectivity index is 2.40. The molecule has 1 aromatic carbocycles. The third kappa shape index (κ3) is 11.5. The van der Waals surface area contributed by atoms with Gasteiger partial charge in [0.15, 0.2) is 18.2 Å². The van der Waals surface area contributed by atoms with Crippen molar-refractivity contribution >= 4 is 22.0 Å². The normalized spacial score (nSPS) is 12.4. The standard InChI is InChI=1S/C19H30FN3O7S/c1-13(2)10-29-17-9-15(5-6-16(17)20)14(3)23-31(26,27)8-4-7-28-12-22-19(25)30-11-18(21)24/h5-6,9,13-14,23H,4,7-8,10-12H2,1-3H3,(H2,21,24)(H,22,25). The van der Waals surface area contributed by atoms with Crippen LogP contribution in [0.15, 0.2) is 18.2 Å². The van der Waals surface area contributed by atoms with Crippen molar-refractivity contribution in [1.29, 1.82) is 0 Å². The van der Waals surface area contributed by atoms with Gasteiger partial charge in [0.2, 0.25) is 10.0 Å². The molecule has 10 nitrogen and oxygen atoms in total. The van der Waals surface area contributed by atoms with E-state index < -0.39 is 40.5 Å². The topological polar surface area (TPSA) is 146 Å². The molecule has 0 aliphatic carbocycles. The second-order valence-electron chi connectivity index (χ2n) is 7.18. The lowest BCUT2D eigenvalue weighted by Crippen LogP contribution is -2.31. The molecule has 0 aliphatic rings. The smallest absolute Gasteiger partial charge is 0.409 e. The van der Waals surface area contributed by atoms with E-state index in [0.29, 0.717) is 12.2 Å². The van der Waals surface area contributed by atoms with Gasteiger partial charge < -0.3 is 19.9 Å². The number of hydrogen-bond donors (Lipinski definition) is 3. The Morgan fingerprint density at radius 3 is 2.58 bits per heavy atom. The van der Waals surface area contributed by atoms with Gasteiger partial charge in [0.25, 0.3) is 5.91 Å². The first-order chi connectivity index (χ1) is 14.5. The molecule has 1 aromatic rings. The number of alkyl carbamates (subject to hydrolysis) is 1. The zero-order valence-corrected chi connectivity index (χ0v) is 18.7. The Hall–Kier alpha value is -2.44. The lowest BCUT2D eigenvalue weighted by atomic mass is 10.1. The van der Waals surface area contributed by atoms with Crippen molar-refractivity contribution in [3.63, 3.8) is 0 Å². The molecule has 2 amide bonds. The van der Waals surface area contributed by atoms with Gasteiger partial charge in [-0.25, -0.2) is 22.3 Å². The molecule has 31 heavy (non-hydrogen) atoms. The quantitative estimate of drug-likeness (QED) is 0.279. The van der Waals surface area contributed by atoms with Gasteiger partial charge >= 0.3 is 6.09 Å². The number of hydrogen-bond acceptors (Lipinski definition) is 7. The number of rotatable bonds is 14. The van der Waals surface area contributed by atoms with Crippen LogP contribution < -0.4 is 20.5 Å². The molecule has 0 saturated carbocycles. The molecule has 0 radical (unpaired) electrons. The maximum Gasteiger partial charge on any atom is 0.409 e. The van der Waals surface area contributed by atoms with E-state index in [0.717, 1.165) is 0 Å². The van der Waals surface area contributed by atoms with Crippen LogP contribution in [-0.4, -0.2) is 52.7 Å². The van der Waals surface area contributed by atoms with Crippen molar-refractivity contribution in [2.24, 2.45) is 11.7 Å². The molecule has 1 unspecified atom stereocenters. The summed E-state index contributed by atoms with van der Waals surface area (Å²) in [6.07, 6.45) is -0.704. The Bertz CT molecular complexity index is 834. The van der Waals surface area contributed by atoms with Crippen LogP contribution in [0.25, 0.3) is 0 Å². The fourth-order valence-electron chi connectivity index (χ4n) is 2.27. The minimum absolute atomic E-state index is 0.0646. The lowest BCUT2D eigenvalue weighted by molar-refractivity contribution is -0.120. The van der Waals surface area contributed by atoms with E-state index in [1.165, 1.54) is 18.2 Å². The maximum absolute atomic E-state index is 13.9. The zero-order chi connectivity index (χ0) is 23.4. The summed E-state index contributed by atoms with van der Waals surface area (Å²) in [5, 5.41) is 2.22. The highest BCUT2D eigenvalue weighted by atomic mass is 32.2.